The Balaban J connectivity index is 1.92. The minimum atomic E-state index is -0.194. The van der Waals surface area contributed by atoms with E-state index in [4.69, 9.17) is 16.3 Å². The monoisotopic (exact) mass is 291 g/mol. The number of rotatable bonds is 6. The van der Waals surface area contributed by atoms with Gasteiger partial charge in [0, 0.05) is 13.7 Å². The molecule has 0 spiro atoms. The van der Waals surface area contributed by atoms with Gasteiger partial charge in [-0.2, -0.15) is 0 Å². The Labute approximate surface area is 123 Å². The van der Waals surface area contributed by atoms with Crippen LogP contribution in [0.25, 0.3) is 10.8 Å². The van der Waals surface area contributed by atoms with Gasteiger partial charge in [0.15, 0.2) is 0 Å². The van der Waals surface area contributed by atoms with E-state index >= 15 is 0 Å². The zero-order valence-electron chi connectivity index (χ0n) is 11.4. The lowest BCUT2D eigenvalue weighted by molar-refractivity contribution is -0.120. The fraction of sp³-hybridized carbons (Fsp3) is 0.312. The van der Waals surface area contributed by atoms with E-state index in [1.54, 1.807) is 7.11 Å². The van der Waals surface area contributed by atoms with Crippen LogP contribution in [0.1, 0.15) is 5.56 Å². The van der Waals surface area contributed by atoms with Crippen molar-refractivity contribution in [1.29, 1.82) is 0 Å². The van der Waals surface area contributed by atoms with Gasteiger partial charge < -0.3 is 10.1 Å². The summed E-state index contributed by atoms with van der Waals surface area (Å²) in [5.41, 5.74) is 0.999. The smallest absolute Gasteiger partial charge is 0.224 e. The zero-order valence-corrected chi connectivity index (χ0v) is 12.2. The molecule has 0 fully saturated rings. The van der Waals surface area contributed by atoms with Gasteiger partial charge in [-0.3, -0.25) is 4.79 Å². The summed E-state index contributed by atoms with van der Waals surface area (Å²) in [4.78, 5) is 11.8. The third kappa shape index (κ3) is 4.22. The van der Waals surface area contributed by atoms with Gasteiger partial charge in [-0.15, -0.1) is 11.6 Å². The number of alkyl halides is 1. The summed E-state index contributed by atoms with van der Waals surface area (Å²) in [5, 5.41) is 4.94. The SMILES string of the molecule is COCC(Cl)CNC(=O)Cc1ccc2ccccc2c1. The maximum absolute atomic E-state index is 11.8. The standard InChI is InChI=1S/C16H18ClNO2/c1-20-11-15(17)10-18-16(19)9-12-6-7-13-4-2-3-5-14(13)8-12/h2-8,15H,9-11H2,1H3,(H,18,19). The van der Waals surface area contributed by atoms with E-state index in [-0.39, 0.29) is 11.3 Å². The molecule has 2 rings (SSSR count). The maximum Gasteiger partial charge on any atom is 0.224 e. The Bertz CT molecular complexity index is 585. The number of carbonyl (C=O) groups is 1. The molecule has 1 unspecified atom stereocenters. The number of ether oxygens (including phenoxy) is 1. The summed E-state index contributed by atoms with van der Waals surface area (Å²) < 4.78 is 4.92. The molecule has 0 aromatic heterocycles. The van der Waals surface area contributed by atoms with Crippen LogP contribution in [-0.4, -0.2) is 31.5 Å². The molecule has 2 aromatic rings. The number of methoxy groups -OCH3 is 1. The first kappa shape index (κ1) is 14.8. The molecule has 106 valence electrons. The molecule has 3 nitrogen and oxygen atoms in total. The van der Waals surface area contributed by atoms with Crippen LogP contribution in [-0.2, 0) is 16.0 Å². The predicted molar refractivity (Wildman–Crippen MR) is 82.2 cm³/mol. The van der Waals surface area contributed by atoms with Gasteiger partial charge in [-0.05, 0) is 16.3 Å². The van der Waals surface area contributed by atoms with Crippen molar-refractivity contribution >= 4 is 28.3 Å². The van der Waals surface area contributed by atoms with Crippen molar-refractivity contribution in [3.63, 3.8) is 0 Å². The van der Waals surface area contributed by atoms with Crippen molar-refractivity contribution in [3.05, 3.63) is 48.0 Å². The van der Waals surface area contributed by atoms with E-state index in [0.29, 0.717) is 19.6 Å². The van der Waals surface area contributed by atoms with E-state index in [9.17, 15) is 4.79 Å². The second-order valence-electron chi connectivity index (χ2n) is 4.71. The number of fused-ring (bicyclic) bond motifs is 1. The van der Waals surface area contributed by atoms with Crippen LogP contribution in [0.3, 0.4) is 0 Å². The normalized spacial score (nSPS) is 12.3. The molecule has 0 saturated heterocycles. The van der Waals surface area contributed by atoms with Crippen LogP contribution in [0.4, 0.5) is 0 Å². The Morgan fingerprint density at radius 3 is 2.75 bits per heavy atom. The number of hydrogen-bond donors (Lipinski definition) is 1. The zero-order chi connectivity index (χ0) is 14.4. The van der Waals surface area contributed by atoms with Crippen LogP contribution in [0, 0.1) is 0 Å². The molecule has 1 amide bonds. The van der Waals surface area contributed by atoms with Gasteiger partial charge in [-0.25, -0.2) is 0 Å². The fourth-order valence-corrected chi connectivity index (χ4v) is 2.26. The summed E-state index contributed by atoms with van der Waals surface area (Å²) in [6.07, 6.45) is 0.363. The molecule has 0 radical (unpaired) electrons. The van der Waals surface area contributed by atoms with Crippen molar-refractivity contribution in [2.24, 2.45) is 0 Å². The van der Waals surface area contributed by atoms with Gasteiger partial charge in [0.1, 0.15) is 0 Å². The maximum atomic E-state index is 11.8. The quantitative estimate of drug-likeness (QED) is 0.831. The van der Waals surface area contributed by atoms with E-state index in [1.165, 1.54) is 5.39 Å². The first-order valence-corrected chi connectivity index (χ1v) is 7.00. The van der Waals surface area contributed by atoms with E-state index in [0.717, 1.165) is 10.9 Å². The van der Waals surface area contributed by atoms with Gasteiger partial charge in [0.05, 0.1) is 18.4 Å². The lowest BCUT2D eigenvalue weighted by atomic mass is 10.0. The number of hydrogen-bond acceptors (Lipinski definition) is 2. The van der Waals surface area contributed by atoms with Gasteiger partial charge in [0.25, 0.3) is 0 Å². The lowest BCUT2D eigenvalue weighted by Gasteiger charge is -2.10. The summed E-state index contributed by atoms with van der Waals surface area (Å²) in [7, 11) is 1.59. The number of halogens is 1. The minimum absolute atomic E-state index is 0.0259. The minimum Gasteiger partial charge on any atom is -0.383 e. The Hall–Kier alpha value is -1.58. The molecule has 4 heteroatoms. The largest absolute Gasteiger partial charge is 0.383 e. The molecular weight excluding hydrogens is 274 g/mol. The molecule has 20 heavy (non-hydrogen) atoms. The first-order chi connectivity index (χ1) is 9.69. The van der Waals surface area contributed by atoms with Crippen molar-refractivity contribution < 1.29 is 9.53 Å². The van der Waals surface area contributed by atoms with Crippen LogP contribution >= 0.6 is 11.6 Å². The average molecular weight is 292 g/mol. The Kier molecular flexibility index (Phi) is 5.39. The van der Waals surface area contributed by atoms with E-state index in [2.05, 4.69) is 11.4 Å². The topological polar surface area (TPSA) is 38.3 Å². The molecule has 0 bridgehead atoms. The highest BCUT2D eigenvalue weighted by Gasteiger charge is 2.08. The summed E-state index contributed by atoms with van der Waals surface area (Å²) >= 11 is 5.97. The van der Waals surface area contributed by atoms with Crippen LogP contribution in [0.15, 0.2) is 42.5 Å². The van der Waals surface area contributed by atoms with E-state index in [1.807, 2.05) is 36.4 Å². The molecule has 2 aromatic carbocycles. The molecule has 0 aliphatic rings. The van der Waals surface area contributed by atoms with Crippen molar-refractivity contribution in [2.45, 2.75) is 11.8 Å². The average Bonchev–Trinajstić information content (AvgIpc) is 2.45. The third-order valence-corrected chi connectivity index (χ3v) is 3.33. The van der Waals surface area contributed by atoms with Crippen LogP contribution in [0.5, 0.6) is 0 Å². The third-order valence-electron chi connectivity index (χ3n) is 3.05. The van der Waals surface area contributed by atoms with Gasteiger partial charge in [-0.1, -0.05) is 42.5 Å². The molecule has 0 heterocycles. The van der Waals surface area contributed by atoms with Crippen LogP contribution < -0.4 is 5.32 Å². The first-order valence-electron chi connectivity index (χ1n) is 6.56. The highest BCUT2D eigenvalue weighted by molar-refractivity contribution is 6.21. The van der Waals surface area contributed by atoms with Gasteiger partial charge >= 0.3 is 0 Å². The summed E-state index contributed by atoms with van der Waals surface area (Å²) in [6, 6.07) is 14.2. The second kappa shape index (κ2) is 7.27. The fourth-order valence-electron chi connectivity index (χ4n) is 2.06. The molecule has 1 atom stereocenters. The second-order valence-corrected chi connectivity index (χ2v) is 5.33. The molecule has 0 aliphatic heterocycles. The van der Waals surface area contributed by atoms with Gasteiger partial charge in [0.2, 0.25) is 5.91 Å². The molecule has 0 aliphatic carbocycles. The van der Waals surface area contributed by atoms with E-state index < -0.39 is 0 Å². The lowest BCUT2D eigenvalue weighted by Crippen LogP contribution is -2.32. The molecule has 0 saturated carbocycles. The van der Waals surface area contributed by atoms with Crippen LogP contribution in [0.2, 0.25) is 0 Å². The van der Waals surface area contributed by atoms with Crippen molar-refractivity contribution in [2.75, 3.05) is 20.3 Å². The number of amides is 1. The number of carbonyl (C=O) groups excluding carboxylic acids is 1. The molecular formula is C16H18ClNO2. The Morgan fingerprint density at radius 2 is 2.00 bits per heavy atom. The highest BCUT2D eigenvalue weighted by atomic mass is 35.5. The number of nitrogens with one attached hydrogen (secondary N) is 1. The summed E-state index contributed by atoms with van der Waals surface area (Å²) in [5.74, 6) is -0.0259. The molecule has 1 N–H and O–H groups in total. The summed E-state index contributed by atoms with van der Waals surface area (Å²) in [6.45, 7) is 0.847. The van der Waals surface area contributed by atoms with Crippen molar-refractivity contribution in [3.8, 4) is 0 Å². The van der Waals surface area contributed by atoms with Crippen molar-refractivity contribution in [1.82, 2.24) is 5.32 Å². The Morgan fingerprint density at radius 1 is 1.25 bits per heavy atom. The number of benzene rings is 2. The predicted octanol–water partition coefficient (Wildman–Crippen LogP) is 2.75. The highest BCUT2D eigenvalue weighted by Crippen LogP contribution is 2.15.